The van der Waals surface area contributed by atoms with Gasteiger partial charge >= 0.3 is 0 Å². The Hall–Kier alpha value is -0.500. The van der Waals surface area contributed by atoms with Crippen LogP contribution >= 0.6 is 11.3 Å². The molecule has 1 aromatic heterocycles. The Morgan fingerprint density at radius 2 is 2.05 bits per heavy atom. The predicted molar refractivity (Wildman–Crippen MR) is 75.4 cm³/mol. The highest BCUT2D eigenvalue weighted by atomic mass is 32.2. The van der Waals surface area contributed by atoms with E-state index in [0.717, 1.165) is 30.7 Å². The first-order chi connectivity index (χ1) is 8.79. The average molecular weight is 304 g/mol. The fraction of sp³-hybridized carbons (Fsp3) is 0.750. The lowest BCUT2D eigenvalue weighted by Gasteiger charge is -2.36. The van der Waals surface area contributed by atoms with Crippen LogP contribution in [-0.4, -0.2) is 30.8 Å². The molecular formula is C12H20N2O3S2. The Morgan fingerprint density at radius 1 is 1.42 bits per heavy atom. The van der Waals surface area contributed by atoms with Crippen molar-refractivity contribution >= 4 is 21.4 Å². The van der Waals surface area contributed by atoms with E-state index in [-0.39, 0.29) is 12.0 Å². The summed E-state index contributed by atoms with van der Waals surface area (Å²) >= 11 is 1.46. The van der Waals surface area contributed by atoms with Gasteiger partial charge in [-0.2, -0.15) is 0 Å². The van der Waals surface area contributed by atoms with Gasteiger partial charge in [-0.05, 0) is 38.5 Å². The fourth-order valence-electron chi connectivity index (χ4n) is 2.72. The maximum Gasteiger partial charge on any atom is 0.208 e. The molecule has 5 nitrogen and oxygen atoms in total. The van der Waals surface area contributed by atoms with Crippen molar-refractivity contribution in [3.05, 3.63) is 16.6 Å². The number of hydrogen-bond acceptors (Lipinski definition) is 5. The number of aromatic nitrogens is 1. The van der Waals surface area contributed by atoms with Crippen molar-refractivity contribution in [2.24, 2.45) is 5.92 Å². The minimum absolute atomic E-state index is 0.00153. The summed E-state index contributed by atoms with van der Waals surface area (Å²) in [5.74, 6) is 0.135. The van der Waals surface area contributed by atoms with Gasteiger partial charge in [0.05, 0.1) is 6.26 Å². The van der Waals surface area contributed by atoms with Crippen molar-refractivity contribution in [1.29, 1.82) is 0 Å². The van der Waals surface area contributed by atoms with E-state index < -0.39 is 15.6 Å². The zero-order valence-corrected chi connectivity index (χ0v) is 12.8. The molecule has 0 aliphatic heterocycles. The topological polar surface area (TPSA) is 79.3 Å². The first-order valence-electron chi connectivity index (χ1n) is 6.38. The molecule has 0 aromatic carbocycles. The SMILES string of the molecule is CC(O)(c1nccs1)[C@H]1CC[C@H](NS(C)(=O)=O)CC1. The average Bonchev–Trinajstić information content (AvgIpc) is 2.81. The Labute approximate surface area is 118 Å². The molecule has 0 spiro atoms. The number of aliphatic hydroxyl groups is 1. The van der Waals surface area contributed by atoms with Gasteiger partial charge in [-0.15, -0.1) is 11.3 Å². The van der Waals surface area contributed by atoms with Gasteiger partial charge in [0.1, 0.15) is 10.6 Å². The number of nitrogens with one attached hydrogen (secondary N) is 1. The molecule has 0 amide bonds. The molecular weight excluding hydrogens is 284 g/mol. The summed E-state index contributed by atoms with van der Waals surface area (Å²) in [5, 5.41) is 13.2. The summed E-state index contributed by atoms with van der Waals surface area (Å²) in [7, 11) is -3.14. The third-order valence-electron chi connectivity index (χ3n) is 3.77. The fourth-order valence-corrected chi connectivity index (χ4v) is 4.34. The molecule has 0 radical (unpaired) electrons. The number of rotatable bonds is 4. The van der Waals surface area contributed by atoms with E-state index in [9.17, 15) is 13.5 Å². The molecule has 1 atom stereocenters. The standard InChI is InChI=1S/C12H20N2O3S2/c1-12(15,11-13-7-8-18-11)9-3-5-10(6-4-9)14-19(2,16)17/h7-10,14-15H,3-6H2,1-2H3/t9-,10-,12?. The molecule has 1 aromatic rings. The minimum atomic E-state index is -3.14. The first kappa shape index (κ1) is 14.9. The molecule has 1 unspecified atom stereocenters. The minimum Gasteiger partial charge on any atom is -0.383 e. The highest BCUT2D eigenvalue weighted by molar-refractivity contribution is 7.88. The zero-order valence-electron chi connectivity index (χ0n) is 11.2. The van der Waals surface area contributed by atoms with E-state index in [1.54, 1.807) is 13.1 Å². The molecule has 7 heteroatoms. The van der Waals surface area contributed by atoms with Crippen LogP contribution in [0.5, 0.6) is 0 Å². The molecule has 1 saturated carbocycles. The second kappa shape index (κ2) is 5.47. The van der Waals surface area contributed by atoms with E-state index in [4.69, 9.17) is 0 Å². The number of sulfonamides is 1. The third kappa shape index (κ3) is 3.75. The summed E-state index contributed by atoms with van der Waals surface area (Å²) < 4.78 is 25.0. The van der Waals surface area contributed by atoms with E-state index in [2.05, 4.69) is 9.71 Å². The van der Waals surface area contributed by atoms with Crippen LogP contribution in [0.1, 0.15) is 37.6 Å². The van der Waals surface area contributed by atoms with Crippen molar-refractivity contribution in [3.63, 3.8) is 0 Å². The maximum atomic E-state index is 11.2. The number of nitrogens with zero attached hydrogens (tertiary/aromatic N) is 1. The van der Waals surface area contributed by atoms with E-state index in [1.165, 1.54) is 17.6 Å². The Morgan fingerprint density at radius 3 is 2.53 bits per heavy atom. The quantitative estimate of drug-likeness (QED) is 0.882. The summed E-state index contributed by atoms with van der Waals surface area (Å²) in [6.45, 7) is 1.81. The van der Waals surface area contributed by atoms with E-state index >= 15 is 0 Å². The second-order valence-corrected chi connectivity index (χ2v) is 8.10. The zero-order chi connectivity index (χ0) is 14.1. The lowest BCUT2D eigenvalue weighted by Crippen LogP contribution is -2.41. The third-order valence-corrected chi connectivity index (χ3v) is 5.53. The highest BCUT2D eigenvalue weighted by Crippen LogP contribution is 2.39. The van der Waals surface area contributed by atoms with Crippen LogP contribution < -0.4 is 4.72 Å². The Balaban J connectivity index is 1.97. The van der Waals surface area contributed by atoms with Gasteiger partial charge in [0, 0.05) is 17.6 Å². The van der Waals surface area contributed by atoms with Crippen LogP contribution in [0.3, 0.4) is 0 Å². The number of thiazole rings is 1. The van der Waals surface area contributed by atoms with Gasteiger partial charge in [0.15, 0.2) is 0 Å². The van der Waals surface area contributed by atoms with Crippen LogP contribution in [0.15, 0.2) is 11.6 Å². The Bertz CT molecular complexity index is 503. The normalized spacial score (nSPS) is 27.9. The van der Waals surface area contributed by atoms with E-state index in [1.807, 2.05) is 5.38 Å². The molecule has 1 fully saturated rings. The highest BCUT2D eigenvalue weighted by Gasteiger charge is 2.38. The van der Waals surface area contributed by atoms with E-state index in [0.29, 0.717) is 0 Å². The van der Waals surface area contributed by atoms with Crippen molar-refractivity contribution in [2.75, 3.05) is 6.26 Å². The van der Waals surface area contributed by atoms with Crippen LogP contribution in [0, 0.1) is 5.92 Å². The smallest absolute Gasteiger partial charge is 0.208 e. The lowest BCUT2D eigenvalue weighted by atomic mass is 9.76. The molecule has 19 heavy (non-hydrogen) atoms. The first-order valence-corrected chi connectivity index (χ1v) is 9.16. The van der Waals surface area contributed by atoms with Gasteiger partial charge in [0.25, 0.3) is 0 Å². The van der Waals surface area contributed by atoms with Gasteiger partial charge < -0.3 is 5.11 Å². The molecule has 0 saturated heterocycles. The van der Waals surface area contributed by atoms with Crippen molar-refractivity contribution in [1.82, 2.24) is 9.71 Å². The van der Waals surface area contributed by atoms with Crippen LogP contribution in [0.25, 0.3) is 0 Å². The molecule has 0 bridgehead atoms. The summed E-state index contributed by atoms with van der Waals surface area (Å²) in [4.78, 5) is 4.20. The molecule has 2 rings (SSSR count). The summed E-state index contributed by atoms with van der Waals surface area (Å²) in [6.07, 6.45) is 6.02. The lowest BCUT2D eigenvalue weighted by molar-refractivity contribution is -0.0240. The van der Waals surface area contributed by atoms with Crippen molar-refractivity contribution < 1.29 is 13.5 Å². The predicted octanol–water partition coefficient (Wildman–Crippen LogP) is 1.46. The van der Waals surface area contributed by atoms with Gasteiger partial charge in [0.2, 0.25) is 10.0 Å². The molecule has 108 valence electrons. The monoisotopic (exact) mass is 304 g/mol. The number of hydrogen-bond donors (Lipinski definition) is 2. The largest absolute Gasteiger partial charge is 0.383 e. The molecule has 1 heterocycles. The molecule has 1 aliphatic rings. The van der Waals surface area contributed by atoms with Gasteiger partial charge in [-0.3, -0.25) is 0 Å². The second-order valence-electron chi connectivity index (χ2n) is 5.42. The maximum absolute atomic E-state index is 11.2. The van der Waals surface area contributed by atoms with Crippen LogP contribution in [-0.2, 0) is 15.6 Å². The Kier molecular flexibility index (Phi) is 4.29. The molecule has 1 aliphatic carbocycles. The summed E-state index contributed by atoms with van der Waals surface area (Å²) in [5.41, 5.74) is -0.912. The molecule has 2 N–H and O–H groups in total. The van der Waals surface area contributed by atoms with Crippen LogP contribution in [0.2, 0.25) is 0 Å². The van der Waals surface area contributed by atoms with Crippen molar-refractivity contribution in [2.45, 2.75) is 44.2 Å². The van der Waals surface area contributed by atoms with Crippen molar-refractivity contribution in [3.8, 4) is 0 Å². The summed E-state index contributed by atoms with van der Waals surface area (Å²) in [6, 6.07) is -0.00153. The van der Waals surface area contributed by atoms with Gasteiger partial charge in [-0.25, -0.2) is 18.1 Å². The van der Waals surface area contributed by atoms with Gasteiger partial charge in [-0.1, -0.05) is 0 Å². The van der Waals surface area contributed by atoms with Crippen LogP contribution in [0.4, 0.5) is 0 Å².